The van der Waals surface area contributed by atoms with E-state index in [1.54, 1.807) is 0 Å². The number of nitrogens with one attached hydrogen (secondary N) is 1. The van der Waals surface area contributed by atoms with Crippen molar-refractivity contribution in [2.24, 2.45) is 11.0 Å². The predicted molar refractivity (Wildman–Crippen MR) is 90.7 cm³/mol. The first-order valence-corrected chi connectivity index (χ1v) is 8.54. The summed E-state index contributed by atoms with van der Waals surface area (Å²) in [5, 5.41) is 4.15. The SMILES string of the molecule is CC1CC(c2ccc(OCCCN3CCCC3)cc2)=NNC1=O. The first-order chi connectivity index (χ1) is 11.2. The fourth-order valence-electron chi connectivity index (χ4n) is 3.07. The van der Waals surface area contributed by atoms with Crippen molar-refractivity contribution in [3.63, 3.8) is 0 Å². The Morgan fingerprint density at radius 3 is 2.70 bits per heavy atom. The predicted octanol–water partition coefficient (Wildman–Crippen LogP) is 2.41. The lowest BCUT2D eigenvalue weighted by molar-refractivity contribution is -0.124. The quantitative estimate of drug-likeness (QED) is 0.820. The maximum atomic E-state index is 11.4. The van der Waals surface area contributed by atoms with Gasteiger partial charge >= 0.3 is 0 Å². The Kier molecular flexibility index (Phi) is 5.28. The minimum Gasteiger partial charge on any atom is -0.494 e. The minimum absolute atomic E-state index is 0.00768. The first-order valence-electron chi connectivity index (χ1n) is 8.54. The molecule has 1 N–H and O–H groups in total. The molecule has 2 heterocycles. The molecule has 0 aromatic heterocycles. The fraction of sp³-hybridized carbons (Fsp3) is 0.556. The zero-order valence-corrected chi connectivity index (χ0v) is 13.8. The van der Waals surface area contributed by atoms with E-state index in [1.165, 1.54) is 25.9 Å². The van der Waals surface area contributed by atoms with Gasteiger partial charge in [0, 0.05) is 18.9 Å². The van der Waals surface area contributed by atoms with Gasteiger partial charge < -0.3 is 9.64 Å². The van der Waals surface area contributed by atoms with Crippen LogP contribution in [0.3, 0.4) is 0 Å². The molecule has 0 spiro atoms. The van der Waals surface area contributed by atoms with Gasteiger partial charge in [-0.3, -0.25) is 4.79 Å². The minimum atomic E-state index is -0.0241. The number of nitrogens with zero attached hydrogens (tertiary/aromatic N) is 2. The Morgan fingerprint density at radius 1 is 1.26 bits per heavy atom. The molecular weight excluding hydrogens is 290 g/mol. The summed E-state index contributed by atoms with van der Waals surface area (Å²) in [6.07, 6.45) is 4.43. The average Bonchev–Trinajstić information content (AvgIpc) is 3.08. The summed E-state index contributed by atoms with van der Waals surface area (Å²) in [4.78, 5) is 13.9. The number of carbonyl (C=O) groups excluding carboxylic acids is 1. The van der Waals surface area contributed by atoms with Crippen LogP contribution in [0, 0.1) is 5.92 Å². The molecule has 0 bridgehead atoms. The van der Waals surface area contributed by atoms with Gasteiger partial charge in [0.1, 0.15) is 5.75 Å². The van der Waals surface area contributed by atoms with Crippen LogP contribution < -0.4 is 10.2 Å². The van der Waals surface area contributed by atoms with Gasteiger partial charge in [0.25, 0.3) is 0 Å². The normalized spacial score (nSPS) is 21.9. The number of ether oxygens (including phenoxy) is 1. The summed E-state index contributed by atoms with van der Waals surface area (Å²) in [6.45, 7) is 6.29. The van der Waals surface area contributed by atoms with E-state index in [-0.39, 0.29) is 11.8 Å². The molecule has 124 valence electrons. The fourth-order valence-corrected chi connectivity index (χ4v) is 3.07. The average molecular weight is 315 g/mol. The summed E-state index contributed by atoms with van der Waals surface area (Å²) in [6, 6.07) is 7.99. The third-order valence-corrected chi connectivity index (χ3v) is 4.52. The topological polar surface area (TPSA) is 53.9 Å². The number of hydrogen-bond donors (Lipinski definition) is 1. The second kappa shape index (κ2) is 7.59. The van der Waals surface area contributed by atoms with Gasteiger partial charge in [-0.25, -0.2) is 5.43 Å². The van der Waals surface area contributed by atoms with Crippen LogP contribution in [0.15, 0.2) is 29.4 Å². The van der Waals surface area contributed by atoms with Crippen LogP contribution >= 0.6 is 0 Å². The van der Waals surface area contributed by atoms with Crippen molar-refractivity contribution in [3.8, 4) is 5.75 Å². The molecule has 2 aliphatic rings. The van der Waals surface area contributed by atoms with Crippen LogP contribution in [-0.4, -0.2) is 42.8 Å². The molecule has 1 fully saturated rings. The van der Waals surface area contributed by atoms with Crippen molar-refractivity contribution in [2.75, 3.05) is 26.2 Å². The van der Waals surface area contributed by atoms with Gasteiger partial charge in [-0.05, 0) is 62.2 Å². The van der Waals surface area contributed by atoms with Crippen LogP contribution in [0.2, 0.25) is 0 Å². The Morgan fingerprint density at radius 2 is 2.00 bits per heavy atom. The van der Waals surface area contributed by atoms with Gasteiger partial charge in [0.15, 0.2) is 0 Å². The molecule has 0 radical (unpaired) electrons. The summed E-state index contributed by atoms with van der Waals surface area (Å²) in [7, 11) is 0. The Hall–Kier alpha value is -1.88. The molecule has 5 nitrogen and oxygen atoms in total. The van der Waals surface area contributed by atoms with Crippen LogP contribution in [-0.2, 0) is 4.79 Å². The highest BCUT2D eigenvalue weighted by molar-refractivity contribution is 6.04. The number of rotatable bonds is 6. The zero-order chi connectivity index (χ0) is 16.1. The molecule has 1 amide bonds. The first kappa shape index (κ1) is 16.0. The molecule has 1 saturated heterocycles. The number of hydrogen-bond acceptors (Lipinski definition) is 4. The highest BCUT2D eigenvalue weighted by atomic mass is 16.5. The Balaban J connectivity index is 1.46. The molecule has 1 aromatic carbocycles. The summed E-state index contributed by atoms with van der Waals surface area (Å²) >= 11 is 0. The third-order valence-electron chi connectivity index (χ3n) is 4.52. The van der Waals surface area contributed by atoms with Gasteiger partial charge in [0.05, 0.1) is 12.3 Å². The zero-order valence-electron chi connectivity index (χ0n) is 13.8. The lowest BCUT2D eigenvalue weighted by atomic mass is 9.97. The molecule has 1 atom stereocenters. The van der Waals surface area contributed by atoms with Crippen LogP contribution in [0.25, 0.3) is 0 Å². The molecule has 3 rings (SSSR count). The van der Waals surface area contributed by atoms with Crippen molar-refractivity contribution in [2.45, 2.75) is 32.6 Å². The molecule has 23 heavy (non-hydrogen) atoms. The summed E-state index contributed by atoms with van der Waals surface area (Å²) in [5.74, 6) is 0.861. The second-order valence-corrected chi connectivity index (χ2v) is 6.41. The van der Waals surface area contributed by atoms with E-state index < -0.39 is 0 Å². The largest absolute Gasteiger partial charge is 0.494 e. The standard InChI is InChI=1S/C18H25N3O2/c1-14-13-17(19-20-18(14)22)15-5-7-16(8-6-15)23-12-4-11-21-9-2-3-10-21/h5-8,14H,2-4,9-13H2,1H3,(H,20,22). The molecule has 5 heteroatoms. The highest BCUT2D eigenvalue weighted by Gasteiger charge is 2.21. The second-order valence-electron chi connectivity index (χ2n) is 6.41. The highest BCUT2D eigenvalue weighted by Crippen LogP contribution is 2.18. The van der Waals surface area contributed by atoms with Gasteiger partial charge in [-0.15, -0.1) is 0 Å². The van der Waals surface area contributed by atoms with E-state index in [0.717, 1.165) is 36.6 Å². The summed E-state index contributed by atoms with van der Waals surface area (Å²) in [5.41, 5.74) is 4.55. The molecule has 1 unspecified atom stereocenters. The number of likely N-dealkylation sites (tertiary alicyclic amines) is 1. The van der Waals surface area contributed by atoms with E-state index in [0.29, 0.717) is 6.42 Å². The Bertz CT molecular complexity index is 562. The van der Waals surface area contributed by atoms with Crippen LogP contribution in [0.1, 0.15) is 38.2 Å². The third kappa shape index (κ3) is 4.32. The lowest BCUT2D eigenvalue weighted by Crippen LogP contribution is -2.33. The lowest BCUT2D eigenvalue weighted by Gasteiger charge is -2.18. The molecule has 2 aliphatic heterocycles. The maximum absolute atomic E-state index is 11.4. The van der Waals surface area contributed by atoms with Crippen molar-refractivity contribution in [3.05, 3.63) is 29.8 Å². The van der Waals surface area contributed by atoms with E-state index in [2.05, 4.69) is 15.4 Å². The van der Waals surface area contributed by atoms with Gasteiger partial charge in [-0.2, -0.15) is 5.10 Å². The smallest absolute Gasteiger partial charge is 0.243 e. The monoisotopic (exact) mass is 315 g/mol. The number of benzene rings is 1. The van der Waals surface area contributed by atoms with Gasteiger partial charge in [-0.1, -0.05) is 6.92 Å². The van der Waals surface area contributed by atoms with Crippen molar-refractivity contribution in [1.82, 2.24) is 10.3 Å². The van der Waals surface area contributed by atoms with E-state index in [1.807, 2.05) is 31.2 Å². The van der Waals surface area contributed by atoms with E-state index >= 15 is 0 Å². The molecule has 0 saturated carbocycles. The molecular formula is C18H25N3O2. The van der Waals surface area contributed by atoms with Crippen molar-refractivity contribution in [1.29, 1.82) is 0 Å². The van der Waals surface area contributed by atoms with E-state index in [9.17, 15) is 4.79 Å². The molecule has 1 aromatic rings. The van der Waals surface area contributed by atoms with Crippen LogP contribution in [0.5, 0.6) is 5.75 Å². The number of hydrazone groups is 1. The maximum Gasteiger partial charge on any atom is 0.243 e. The summed E-state index contributed by atoms with van der Waals surface area (Å²) < 4.78 is 5.81. The van der Waals surface area contributed by atoms with E-state index in [4.69, 9.17) is 4.74 Å². The van der Waals surface area contributed by atoms with Crippen molar-refractivity contribution < 1.29 is 9.53 Å². The van der Waals surface area contributed by atoms with Crippen molar-refractivity contribution >= 4 is 11.6 Å². The van der Waals surface area contributed by atoms with Crippen LogP contribution in [0.4, 0.5) is 0 Å². The number of carbonyl (C=O) groups is 1. The number of amides is 1. The Labute approximate surface area is 137 Å². The van der Waals surface area contributed by atoms with Gasteiger partial charge in [0.2, 0.25) is 5.91 Å². The molecule has 0 aliphatic carbocycles.